The van der Waals surface area contributed by atoms with Gasteiger partial charge in [-0.2, -0.15) is 8.78 Å². The lowest BCUT2D eigenvalue weighted by molar-refractivity contribution is -0.120. The number of benzene rings is 1. The van der Waals surface area contributed by atoms with Crippen LogP contribution in [0.4, 0.5) is 14.5 Å². The van der Waals surface area contributed by atoms with Crippen LogP contribution in [0, 0.1) is 6.92 Å². The molecule has 0 radical (unpaired) electrons. The topological polar surface area (TPSA) is 59.6 Å². The first-order valence-corrected chi connectivity index (χ1v) is 6.23. The molecule has 1 aliphatic heterocycles. The smallest absolute Gasteiger partial charge is 0.387 e. The van der Waals surface area contributed by atoms with Gasteiger partial charge >= 0.3 is 6.61 Å². The molecule has 0 bridgehead atoms. The molecule has 2 rings (SSSR count). The van der Waals surface area contributed by atoms with Gasteiger partial charge in [0.1, 0.15) is 11.8 Å². The molecule has 1 aromatic carbocycles. The molecule has 8 heteroatoms. The monoisotopic (exact) mass is 322 g/mol. The minimum absolute atomic E-state index is 0. The van der Waals surface area contributed by atoms with Crippen molar-refractivity contribution in [3.05, 3.63) is 23.8 Å². The van der Waals surface area contributed by atoms with Crippen LogP contribution in [0.5, 0.6) is 5.75 Å². The predicted octanol–water partition coefficient (Wildman–Crippen LogP) is 1.95. The van der Waals surface area contributed by atoms with Crippen LogP contribution < -0.4 is 15.4 Å². The summed E-state index contributed by atoms with van der Waals surface area (Å²) < 4.78 is 34.1. The Morgan fingerprint density at radius 3 is 2.90 bits per heavy atom. The fourth-order valence-electron chi connectivity index (χ4n) is 1.86. The van der Waals surface area contributed by atoms with Crippen molar-refractivity contribution in [2.45, 2.75) is 19.6 Å². The Bertz CT molecular complexity index is 482. The normalized spacial score (nSPS) is 18.0. The summed E-state index contributed by atoms with van der Waals surface area (Å²) in [5.41, 5.74) is 0.978. The number of alkyl halides is 2. The second-order valence-corrected chi connectivity index (χ2v) is 4.43. The number of ether oxygens (including phenoxy) is 2. The van der Waals surface area contributed by atoms with Crippen LogP contribution in [0.15, 0.2) is 18.2 Å². The fraction of sp³-hybridized carbons (Fsp3) is 0.462. The lowest BCUT2D eigenvalue weighted by atomic mass is 10.2. The zero-order chi connectivity index (χ0) is 14.5. The van der Waals surface area contributed by atoms with E-state index in [1.165, 1.54) is 6.07 Å². The Morgan fingerprint density at radius 1 is 1.52 bits per heavy atom. The van der Waals surface area contributed by atoms with E-state index >= 15 is 0 Å². The molecule has 2 N–H and O–H groups in total. The molecule has 0 spiro atoms. The van der Waals surface area contributed by atoms with Gasteiger partial charge in [-0.25, -0.2) is 0 Å². The summed E-state index contributed by atoms with van der Waals surface area (Å²) in [5.74, 6) is -0.220. The first-order valence-electron chi connectivity index (χ1n) is 6.23. The maximum absolute atomic E-state index is 12.2. The van der Waals surface area contributed by atoms with Crippen molar-refractivity contribution in [2.24, 2.45) is 0 Å². The molecular formula is C13H17ClF2N2O3. The van der Waals surface area contributed by atoms with Crippen LogP contribution >= 0.6 is 12.4 Å². The number of amides is 1. The molecule has 1 amide bonds. The molecule has 0 aromatic heterocycles. The van der Waals surface area contributed by atoms with Crippen molar-refractivity contribution in [1.82, 2.24) is 5.32 Å². The number of carbonyl (C=O) groups is 1. The van der Waals surface area contributed by atoms with E-state index < -0.39 is 12.7 Å². The number of aryl methyl sites for hydroxylation is 1. The minimum atomic E-state index is -2.90. The van der Waals surface area contributed by atoms with Crippen molar-refractivity contribution in [1.29, 1.82) is 0 Å². The number of rotatable bonds is 4. The molecule has 1 aromatic rings. The number of morpholine rings is 1. The molecule has 1 saturated heterocycles. The van der Waals surface area contributed by atoms with Crippen LogP contribution in [-0.2, 0) is 9.53 Å². The molecular weight excluding hydrogens is 306 g/mol. The zero-order valence-electron chi connectivity index (χ0n) is 11.4. The highest BCUT2D eigenvalue weighted by molar-refractivity contribution is 5.95. The standard InChI is InChI=1S/C13H16F2N2O3.ClH/c1-8-2-3-9(6-11(8)20-13(14)15)17-12(18)10-7-19-5-4-16-10;/h2-3,6,10,13,16H,4-5,7H2,1H3,(H,17,18);1H. The van der Waals surface area contributed by atoms with Crippen molar-refractivity contribution < 1.29 is 23.0 Å². The second kappa shape index (κ2) is 8.11. The van der Waals surface area contributed by atoms with Crippen molar-refractivity contribution in [3.8, 4) is 5.75 Å². The summed E-state index contributed by atoms with van der Waals surface area (Å²) in [5, 5.41) is 5.66. The van der Waals surface area contributed by atoms with E-state index in [2.05, 4.69) is 15.4 Å². The average Bonchev–Trinajstić information content (AvgIpc) is 2.43. The molecule has 0 aliphatic carbocycles. The number of carbonyl (C=O) groups excluding carboxylic acids is 1. The maximum Gasteiger partial charge on any atom is 0.387 e. The van der Waals surface area contributed by atoms with Gasteiger partial charge in [-0.15, -0.1) is 12.4 Å². The highest BCUT2D eigenvalue weighted by Crippen LogP contribution is 2.24. The Morgan fingerprint density at radius 2 is 2.29 bits per heavy atom. The largest absolute Gasteiger partial charge is 0.434 e. The molecule has 21 heavy (non-hydrogen) atoms. The van der Waals surface area contributed by atoms with Gasteiger partial charge in [0.15, 0.2) is 0 Å². The van der Waals surface area contributed by atoms with Crippen molar-refractivity contribution in [3.63, 3.8) is 0 Å². The zero-order valence-corrected chi connectivity index (χ0v) is 12.2. The van der Waals surface area contributed by atoms with E-state index in [4.69, 9.17) is 4.74 Å². The number of anilines is 1. The van der Waals surface area contributed by atoms with Gasteiger partial charge in [0, 0.05) is 18.3 Å². The minimum Gasteiger partial charge on any atom is -0.434 e. The van der Waals surface area contributed by atoms with Crippen LogP contribution in [0.1, 0.15) is 5.56 Å². The lowest BCUT2D eigenvalue weighted by Crippen LogP contribution is -2.48. The van der Waals surface area contributed by atoms with E-state index in [0.29, 0.717) is 24.4 Å². The molecule has 1 unspecified atom stereocenters. The molecule has 118 valence electrons. The van der Waals surface area contributed by atoms with E-state index in [-0.39, 0.29) is 30.7 Å². The number of nitrogens with one attached hydrogen (secondary N) is 2. The van der Waals surface area contributed by atoms with Gasteiger partial charge in [0.25, 0.3) is 0 Å². The fourth-order valence-corrected chi connectivity index (χ4v) is 1.86. The third kappa shape index (κ3) is 5.11. The van der Waals surface area contributed by atoms with Crippen LogP contribution in [-0.4, -0.2) is 38.3 Å². The first-order chi connectivity index (χ1) is 9.56. The Hall–Kier alpha value is -1.44. The quantitative estimate of drug-likeness (QED) is 0.889. The van der Waals surface area contributed by atoms with E-state index in [1.807, 2.05) is 0 Å². The SMILES string of the molecule is Cc1ccc(NC(=O)C2COCCN2)cc1OC(F)F.Cl. The van der Waals surface area contributed by atoms with E-state index in [9.17, 15) is 13.6 Å². The van der Waals surface area contributed by atoms with Gasteiger partial charge in [0.2, 0.25) is 5.91 Å². The third-order valence-corrected chi connectivity index (χ3v) is 2.91. The number of halogens is 3. The van der Waals surface area contributed by atoms with E-state index in [1.54, 1.807) is 19.1 Å². The average molecular weight is 323 g/mol. The maximum atomic E-state index is 12.2. The third-order valence-electron chi connectivity index (χ3n) is 2.91. The molecule has 1 fully saturated rings. The summed E-state index contributed by atoms with van der Waals surface area (Å²) >= 11 is 0. The van der Waals surface area contributed by atoms with Gasteiger partial charge in [0.05, 0.1) is 13.2 Å². The highest BCUT2D eigenvalue weighted by atomic mass is 35.5. The summed E-state index contributed by atoms with van der Waals surface area (Å²) in [6, 6.07) is 4.18. The number of hydrogen-bond acceptors (Lipinski definition) is 4. The van der Waals surface area contributed by atoms with Crippen LogP contribution in [0.2, 0.25) is 0 Å². The first kappa shape index (κ1) is 17.6. The van der Waals surface area contributed by atoms with Crippen molar-refractivity contribution in [2.75, 3.05) is 25.1 Å². The summed E-state index contributed by atoms with van der Waals surface area (Å²) in [4.78, 5) is 11.9. The second-order valence-electron chi connectivity index (χ2n) is 4.43. The van der Waals surface area contributed by atoms with Crippen LogP contribution in [0.25, 0.3) is 0 Å². The summed E-state index contributed by atoms with van der Waals surface area (Å²) in [6.45, 7) is 0.220. The van der Waals surface area contributed by atoms with Gasteiger partial charge in [-0.05, 0) is 18.6 Å². The summed E-state index contributed by atoms with van der Waals surface area (Å²) in [6.07, 6.45) is 0. The molecule has 5 nitrogen and oxygen atoms in total. The molecule has 1 aliphatic rings. The lowest BCUT2D eigenvalue weighted by Gasteiger charge is -2.23. The van der Waals surface area contributed by atoms with E-state index in [0.717, 1.165) is 0 Å². The highest BCUT2D eigenvalue weighted by Gasteiger charge is 2.21. The molecule has 1 atom stereocenters. The molecule has 0 saturated carbocycles. The molecule has 1 heterocycles. The summed E-state index contributed by atoms with van der Waals surface area (Å²) in [7, 11) is 0. The van der Waals surface area contributed by atoms with Gasteiger partial charge in [-0.3, -0.25) is 4.79 Å². The Kier molecular flexibility index (Phi) is 6.80. The van der Waals surface area contributed by atoms with Gasteiger partial charge < -0.3 is 20.1 Å². The Labute approximate surface area is 127 Å². The predicted molar refractivity (Wildman–Crippen MR) is 76.3 cm³/mol. The van der Waals surface area contributed by atoms with Crippen molar-refractivity contribution >= 4 is 24.0 Å². The van der Waals surface area contributed by atoms with Gasteiger partial charge in [-0.1, -0.05) is 6.07 Å². The van der Waals surface area contributed by atoms with Crippen LogP contribution in [0.3, 0.4) is 0 Å². The number of hydrogen-bond donors (Lipinski definition) is 2. The Balaban J connectivity index is 0.00000220.